The molecule has 1 aliphatic heterocycles. The van der Waals surface area contributed by atoms with Gasteiger partial charge in [-0.1, -0.05) is 20.8 Å². The monoisotopic (exact) mass is 181 g/mol. The average Bonchev–Trinajstić information content (AvgIpc) is 2.28. The van der Waals surface area contributed by atoms with E-state index in [2.05, 4.69) is 26.1 Å². The lowest BCUT2D eigenvalue weighted by atomic mass is 9.63. The van der Waals surface area contributed by atoms with Gasteiger partial charge in [0.1, 0.15) is 5.78 Å². The van der Waals surface area contributed by atoms with E-state index >= 15 is 0 Å². The smallest absolute Gasteiger partial charge is 0.145 e. The summed E-state index contributed by atoms with van der Waals surface area (Å²) in [6.45, 7) is 8.39. The SMILES string of the molecule is CC(C)(C)C12CCC(CNC1)C2=O. The normalized spacial score (nSPS) is 39.6. The number of Topliss-reactive ketones (excluding diaryl/α,β-unsaturated/α-hetero) is 1. The van der Waals surface area contributed by atoms with Crippen molar-refractivity contribution in [1.82, 2.24) is 5.32 Å². The van der Waals surface area contributed by atoms with Crippen molar-refractivity contribution in [3.05, 3.63) is 0 Å². The van der Waals surface area contributed by atoms with Crippen LogP contribution < -0.4 is 5.32 Å². The first-order valence-electron chi connectivity index (χ1n) is 5.22. The van der Waals surface area contributed by atoms with Crippen LogP contribution in [0.2, 0.25) is 0 Å². The molecule has 2 rings (SSSR count). The van der Waals surface area contributed by atoms with Crippen molar-refractivity contribution in [2.45, 2.75) is 33.6 Å². The zero-order valence-corrected chi connectivity index (χ0v) is 8.81. The molecule has 1 N–H and O–H groups in total. The Kier molecular flexibility index (Phi) is 1.82. The Bertz CT molecular complexity index is 237. The van der Waals surface area contributed by atoms with Crippen molar-refractivity contribution in [3.63, 3.8) is 0 Å². The molecule has 0 aromatic carbocycles. The van der Waals surface area contributed by atoms with Gasteiger partial charge in [-0.3, -0.25) is 4.79 Å². The molecule has 2 nitrogen and oxygen atoms in total. The summed E-state index contributed by atoms with van der Waals surface area (Å²) in [5.74, 6) is 0.840. The van der Waals surface area contributed by atoms with Gasteiger partial charge >= 0.3 is 0 Å². The highest BCUT2D eigenvalue weighted by atomic mass is 16.1. The van der Waals surface area contributed by atoms with Crippen LogP contribution in [0.5, 0.6) is 0 Å². The highest BCUT2D eigenvalue weighted by Crippen LogP contribution is 2.51. The van der Waals surface area contributed by atoms with E-state index in [0.717, 1.165) is 25.9 Å². The fourth-order valence-electron chi connectivity index (χ4n) is 2.91. The first-order valence-corrected chi connectivity index (χ1v) is 5.22. The fourth-order valence-corrected chi connectivity index (χ4v) is 2.91. The van der Waals surface area contributed by atoms with Crippen LogP contribution >= 0.6 is 0 Å². The van der Waals surface area contributed by atoms with E-state index in [1.54, 1.807) is 0 Å². The molecule has 74 valence electrons. The van der Waals surface area contributed by atoms with Gasteiger partial charge in [0.15, 0.2) is 0 Å². The van der Waals surface area contributed by atoms with E-state index in [9.17, 15) is 4.79 Å². The van der Waals surface area contributed by atoms with Gasteiger partial charge in [0.25, 0.3) is 0 Å². The molecule has 2 atom stereocenters. The summed E-state index contributed by atoms with van der Waals surface area (Å²) in [5, 5.41) is 3.40. The molecule has 2 aliphatic rings. The van der Waals surface area contributed by atoms with Crippen molar-refractivity contribution >= 4 is 5.78 Å². The van der Waals surface area contributed by atoms with Crippen LogP contribution in [0.1, 0.15) is 33.6 Å². The maximum Gasteiger partial charge on any atom is 0.145 e. The lowest BCUT2D eigenvalue weighted by molar-refractivity contribution is -0.136. The third kappa shape index (κ3) is 1.08. The molecule has 2 bridgehead atoms. The maximum atomic E-state index is 12.1. The van der Waals surface area contributed by atoms with Crippen LogP contribution in [0.3, 0.4) is 0 Å². The van der Waals surface area contributed by atoms with Crippen molar-refractivity contribution < 1.29 is 4.79 Å². The standard InChI is InChI=1S/C11H19NO/c1-10(2,3)11-5-4-8(9(11)13)6-12-7-11/h8,12H,4-7H2,1-3H3. The second-order valence-electron chi connectivity index (χ2n) is 5.56. The molecule has 13 heavy (non-hydrogen) atoms. The summed E-state index contributed by atoms with van der Waals surface area (Å²) in [4.78, 5) is 12.1. The first kappa shape index (κ1) is 9.20. The summed E-state index contributed by atoms with van der Waals surface area (Å²) in [7, 11) is 0. The zero-order chi connectivity index (χ0) is 9.69. The highest BCUT2D eigenvalue weighted by Gasteiger charge is 2.56. The molecule has 1 saturated carbocycles. The van der Waals surface area contributed by atoms with Crippen molar-refractivity contribution in [1.29, 1.82) is 0 Å². The Labute approximate surface area is 80.1 Å². The second kappa shape index (κ2) is 2.57. The predicted molar refractivity (Wildman–Crippen MR) is 52.5 cm³/mol. The first-order chi connectivity index (χ1) is 5.97. The predicted octanol–water partition coefficient (Wildman–Crippen LogP) is 1.60. The molecule has 1 heterocycles. The Morgan fingerprint density at radius 3 is 2.69 bits per heavy atom. The van der Waals surface area contributed by atoms with E-state index < -0.39 is 0 Å². The summed E-state index contributed by atoms with van der Waals surface area (Å²) in [6, 6.07) is 0. The zero-order valence-electron chi connectivity index (χ0n) is 8.81. The molecule has 0 radical (unpaired) electrons. The van der Waals surface area contributed by atoms with Gasteiger partial charge in [-0.15, -0.1) is 0 Å². The topological polar surface area (TPSA) is 29.1 Å². The van der Waals surface area contributed by atoms with E-state index in [-0.39, 0.29) is 10.8 Å². The van der Waals surface area contributed by atoms with Gasteiger partial charge in [-0.25, -0.2) is 0 Å². The Balaban J connectivity index is 2.36. The van der Waals surface area contributed by atoms with Crippen LogP contribution in [0.25, 0.3) is 0 Å². The van der Waals surface area contributed by atoms with Gasteiger partial charge < -0.3 is 5.32 Å². The van der Waals surface area contributed by atoms with Crippen LogP contribution in [-0.4, -0.2) is 18.9 Å². The number of carbonyl (C=O) groups is 1. The van der Waals surface area contributed by atoms with Gasteiger partial charge in [0, 0.05) is 24.4 Å². The molecular weight excluding hydrogens is 162 g/mol. The molecule has 0 aromatic heterocycles. The molecule has 1 aliphatic carbocycles. The Hall–Kier alpha value is -0.370. The van der Waals surface area contributed by atoms with Crippen LogP contribution in [0, 0.1) is 16.7 Å². The number of nitrogens with one attached hydrogen (secondary N) is 1. The third-order valence-electron chi connectivity index (χ3n) is 4.02. The van der Waals surface area contributed by atoms with Crippen LogP contribution in [-0.2, 0) is 4.79 Å². The Morgan fingerprint density at radius 2 is 2.15 bits per heavy atom. The van der Waals surface area contributed by atoms with Gasteiger partial charge in [-0.05, 0) is 18.3 Å². The molecule has 0 aromatic rings. The quantitative estimate of drug-likeness (QED) is 0.615. The molecule has 1 saturated heterocycles. The van der Waals surface area contributed by atoms with E-state index in [1.165, 1.54) is 0 Å². The number of carbonyl (C=O) groups excluding carboxylic acids is 1. The summed E-state index contributed by atoms with van der Waals surface area (Å²) in [6.07, 6.45) is 2.19. The Morgan fingerprint density at radius 1 is 1.46 bits per heavy atom. The van der Waals surface area contributed by atoms with Crippen molar-refractivity contribution in [2.24, 2.45) is 16.7 Å². The number of piperidine rings is 1. The third-order valence-corrected chi connectivity index (χ3v) is 4.02. The summed E-state index contributed by atoms with van der Waals surface area (Å²) >= 11 is 0. The van der Waals surface area contributed by atoms with Crippen LogP contribution in [0.4, 0.5) is 0 Å². The molecule has 0 spiro atoms. The average molecular weight is 181 g/mol. The number of ketones is 1. The number of hydrogen-bond acceptors (Lipinski definition) is 2. The van der Waals surface area contributed by atoms with Crippen LogP contribution in [0.15, 0.2) is 0 Å². The minimum atomic E-state index is -0.0596. The molecule has 2 heteroatoms. The van der Waals surface area contributed by atoms with Gasteiger partial charge in [-0.2, -0.15) is 0 Å². The van der Waals surface area contributed by atoms with Crippen molar-refractivity contribution in [2.75, 3.05) is 13.1 Å². The second-order valence-corrected chi connectivity index (χ2v) is 5.56. The van der Waals surface area contributed by atoms with E-state index in [0.29, 0.717) is 11.7 Å². The van der Waals surface area contributed by atoms with E-state index in [4.69, 9.17) is 0 Å². The molecule has 2 fully saturated rings. The van der Waals surface area contributed by atoms with E-state index in [1.807, 2.05) is 0 Å². The summed E-state index contributed by atoms with van der Waals surface area (Å²) in [5.41, 5.74) is 0.0577. The van der Waals surface area contributed by atoms with Gasteiger partial charge in [0.05, 0.1) is 0 Å². The summed E-state index contributed by atoms with van der Waals surface area (Å²) < 4.78 is 0. The minimum absolute atomic E-state index is 0.0596. The number of hydrogen-bond donors (Lipinski definition) is 1. The minimum Gasteiger partial charge on any atom is -0.315 e. The fraction of sp³-hybridized carbons (Fsp3) is 0.909. The lowest BCUT2D eigenvalue weighted by Gasteiger charge is -2.43. The number of fused-ring (bicyclic) bond motifs is 2. The van der Waals surface area contributed by atoms with Crippen molar-refractivity contribution in [3.8, 4) is 0 Å². The largest absolute Gasteiger partial charge is 0.315 e. The lowest BCUT2D eigenvalue weighted by Crippen LogP contribution is -2.53. The van der Waals surface area contributed by atoms with Gasteiger partial charge in [0.2, 0.25) is 0 Å². The number of rotatable bonds is 0. The highest BCUT2D eigenvalue weighted by molar-refractivity contribution is 5.91. The molecular formula is C11H19NO. The molecule has 0 amide bonds. The molecule has 2 unspecified atom stereocenters. The maximum absolute atomic E-state index is 12.1.